The molecule has 0 amide bonds. The monoisotopic (exact) mass is 315 g/mol. The standard InChI is InChI=1S/C13H17NO6S/c1-8-6-9(2)11(7-10(8)13(16)17)21(18,19)14-5-4-12(15)20-3/h6-7,14H,4-5H2,1-3H3,(H,16,17). The van der Waals surface area contributed by atoms with Crippen LogP contribution in [0.2, 0.25) is 0 Å². The Morgan fingerprint density at radius 1 is 1.24 bits per heavy atom. The lowest BCUT2D eigenvalue weighted by Gasteiger charge is -2.11. The molecule has 7 nitrogen and oxygen atoms in total. The maximum atomic E-state index is 12.2. The summed E-state index contributed by atoms with van der Waals surface area (Å²) < 4.78 is 31.0. The zero-order valence-corrected chi connectivity index (χ0v) is 12.8. The molecule has 0 fully saturated rings. The van der Waals surface area contributed by atoms with Gasteiger partial charge in [0, 0.05) is 6.54 Å². The highest BCUT2D eigenvalue weighted by atomic mass is 32.2. The fraction of sp³-hybridized carbons (Fsp3) is 0.385. The van der Waals surface area contributed by atoms with Crippen LogP contribution in [-0.4, -0.2) is 39.1 Å². The number of benzene rings is 1. The van der Waals surface area contributed by atoms with Gasteiger partial charge in [-0.3, -0.25) is 4.79 Å². The van der Waals surface area contributed by atoms with Gasteiger partial charge in [0.1, 0.15) is 0 Å². The molecular weight excluding hydrogens is 298 g/mol. The SMILES string of the molecule is COC(=O)CCNS(=O)(=O)c1cc(C(=O)O)c(C)cc1C. The number of nitrogens with one attached hydrogen (secondary N) is 1. The number of sulfonamides is 1. The van der Waals surface area contributed by atoms with Crippen molar-refractivity contribution in [2.45, 2.75) is 25.2 Å². The largest absolute Gasteiger partial charge is 0.478 e. The van der Waals surface area contributed by atoms with Crippen LogP contribution in [0.3, 0.4) is 0 Å². The van der Waals surface area contributed by atoms with Crippen molar-refractivity contribution < 1.29 is 27.9 Å². The van der Waals surface area contributed by atoms with E-state index in [-0.39, 0.29) is 23.4 Å². The lowest BCUT2D eigenvalue weighted by Crippen LogP contribution is -2.27. The Morgan fingerprint density at radius 2 is 1.86 bits per heavy atom. The van der Waals surface area contributed by atoms with Crippen molar-refractivity contribution in [3.8, 4) is 0 Å². The highest BCUT2D eigenvalue weighted by Gasteiger charge is 2.20. The molecule has 0 saturated heterocycles. The molecule has 0 aliphatic heterocycles. The molecule has 0 saturated carbocycles. The summed E-state index contributed by atoms with van der Waals surface area (Å²) in [5, 5.41) is 9.05. The molecule has 0 aromatic heterocycles. The van der Waals surface area contributed by atoms with Gasteiger partial charge in [0.25, 0.3) is 0 Å². The zero-order chi connectivity index (χ0) is 16.2. The van der Waals surface area contributed by atoms with E-state index in [2.05, 4.69) is 9.46 Å². The van der Waals surface area contributed by atoms with Crippen molar-refractivity contribution in [1.29, 1.82) is 0 Å². The maximum absolute atomic E-state index is 12.2. The minimum Gasteiger partial charge on any atom is -0.478 e. The maximum Gasteiger partial charge on any atom is 0.335 e. The first kappa shape index (κ1) is 17.1. The molecule has 0 radical (unpaired) electrons. The van der Waals surface area contributed by atoms with Crippen LogP contribution < -0.4 is 4.72 Å². The molecule has 21 heavy (non-hydrogen) atoms. The highest BCUT2D eigenvalue weighted by Crippen LogP contribution is 2.20. The van der Waals surface area contributed by atoms with Crippen molar-refractivity contribution in [3.63, 3.8) is 0 Å². The van der Waals surface area contributed by atoms with Crippen molar-refractivity contribution in [1.82, 2.24) is 4.72 Å². The first-order chi connectivity index (χ1) is 9.69. The van der Waals surface area contributed by atoms with E-state index in [1.54, 1.807) is 13.8 Å². The number of hydrogen-bond acceptors (Lipinski definition) is 5. The van der Waals surface area contributed by atoms with Gasteiger partial charge in [-0.2, -0.15) is 0 Å². The fourth-order valence-corrected chi connectivity index (χ4v) is 3.10. The minimum absolute atomic E-state index is 0.0751. The Morgan fingerprint density at radius 3 is 2.38 bits per heavy atom. The third kappa shape index (κ3) is 4.27. The summed E-state index contributed by atoms with van der Waals surface area (Å²) in [6.45, 7) is 3.05. The van der Waals surface area contributed by atoms with Gasteiger partial charge in [-0.1, -0.05) is 6.07 Å². The van der Waals surface area contributed by atoms with E-state index in [1.807, 2.05) is 0 Å². The first-order valence-corrected chi connectivity index (χ1v) is 7.58. The normalized spacial score (nSPS) is 11.2. The second kappa shape index (κ2) is 6.68. The number of esters is 1. The molecule has 0 aliphatic carbocycles. The number of carbonyl (C=O) groups excluding carboxylic acids is 1. The van der Waals surface area contributed by atoms with E-state index < -0.39 is 22.0 Å². The Labute approximate surface area is 123 Å². The Bertz CT molecular complexity index is 665. The summed E-state index contributed by atoms with van der Waals surface area (Å²) in [4.78, 5) is 21.9. The summed E-state index contributed by atoms with van der Waals surface area (Å²) in [5.74, 6) is -1.73. The Hall–Kier alpha value is -1.93. The average Bonchev–Trinajstić information content (AvgIpc) is 2.37. The number of carboxylic acid groups (broad SMARTS) is 1. The van der Waals surface area contributed by atoms with Crippen LogP contribution in [0, 0.1) is 13.8 Å². The predicted octanol–water partition coefficient (Wildman–Crippen LogP) is 0.843. The molecule has 2 N–H and O–H groups in total. The molecule has 0 unspecified atom stereocenters. The van der Waals surface area contributed by atoms with E-state index in [0.29, 0.717) is 11.1 Å². The van der Waals surface area contributed by atoms with Crippen LogP contribution in [0.1, 0.15) is 27.9 Å². The lowest BCUT2D eigenvalue weighted by atomic mass is 10.1. The Kier molecular flexibility index (Phi) is 5.45. The second-order valence-corrected chi connectivity index (χ2v) is 6.20. The van der Waals surface area contributed by atoms with Crippen LogP contribution in [0.25, 0.3) is 0 Å². The summed E-state index contributed by atoms with van der Waals surface area (Å²) in [6, 6.07) is 2.62. The van der Waals surface area contributed by atoms with Crippen LogP contribution in [0.4, 0.5) is 0 Å². The number of methoxy groups -OCH3 is 1. The van der Waals surface area contributed by atoms with Crippen molar-refractivity contribution in [2.24, 2.45) is 0 Å². The molecule has 1 aromatic carbocycles. The molecule has 1 aromatic rings. The first-order valence-electron chi connectivity index (χ1n) is 6.10. The fourth-order valence-electron chi connectivity index (χ4n) is 1.82. The third-order valence-electron chi connectivity index (χ3n) is 2.89. The summed E-state index contributed by atoms with van der Waals surface area (Å²) in [5.41, 5.74) is 0.838. The number of aryl methyl sites for hydroxylation is 2. The van der Waals surface area contributed by atoms with Gasteiger partial charge < -0.3 is 9.84 Å². The van der Waals surface area contributed by atoms with Crippen LogP contribution in [0.5, 0.6) is 0 Å². The van der Waals surface area contributed by atoms with Gasteiger partial charge in [0.15, 0.2) is 0 Å². The van der Waals surface area contributed by atoms with Gasteiger partial charge in [0.05, 0.1) is 24.0 Å². The van der Waals surface area contributed by atoms with Gasteiger partial charge in [0.2, 0.25) is 10.0 Å². The molecule has 0 atom stereocenters. The molecule has 8 heteroatoms. The van der Waals surface area contributed by atoms with Crippen LogP contribution in [-0.2, 0) is 19.6 Å². The van der Waals surface area contributed by atoms with Gasteiger partial charge in [-0.25, -0.2) is 17.9 Å². The molecular formula is C13H17NO6S. The number of rotatable bonds is 6. The van der Waals surface area contributed by atoms with Crippen molar-refractivity contribution in [3.05, 3.63) is 28.8 Å². The molecule has 0 bridgehead atoms. The summed E-state index contributed by atoms with van der Waals surface area (Å²) in [7, 11) is -2.68. The van der Waals surface area contributed by atoms with E-state index >= 15 is 0 Å². The van der Waals surface area contributed by atoms with Crippen LogP contribution >= 0.6 is 0 Å². The molecule has 0 heterocycles. The van der Waals surface area contributed by atoms with Gasteiger partial charge in [-0.05, 0) is 31.0 Å². The van der Waals surface area contributed by atoms with E-state index in [9.17, 15) is 18.0 Å². The lowest BCUT2D eigenvalue weighted by molar-refractivity contribution is -0.140. The topological polar surface area (TPSA) is 110 Å². The van der Waals surface area contributed by atoms with Crippen molar-refractivity contribution >= 4 is 22.0 Å². The molecule has 0 aliphatic rings. The third-order valence-corrected chi connectivity index (χ3v) is 4.49. The molecule has 0 spiro atoms. The smallest absolute Gasteiger partial charge is 0.335 e. The van der Waals surface area contributed by atoms with Gasteiger partial charge >= 0.3 is 11.9 Å². The second-order valence-electron chi connectivity index (χ2n) is 4.46. The van der Waals surface area contributed by atoms with E-state index in [1.165, 1.54) is 13.2 Å². The number of aromatic carboxylic acids is 1. The number of carboxylic acids is 1. The van der Waals surface area contributed by atoms with E-state index in [0.717, 1.165) is 6.07 Å². The number of hydrogen-bond donors (Lipinski definition) is 2. The summed E-state index contributed by atoms with van der Waals surface area (Å²) in [6.07, 6.45) is -0.105. The zero-order valence-electron chi connectivity index (χ0n) is 12.0. The molecule has 116 valence electrons. The molecule has 1 rings (SSSR count). The Balaban J connectivity index is 3.05. The average molecular weight is 315 g/mol. The predicted molar refractivity (Wildman–Crippen MR) is 74.7 cm³/mol. The van der Waals surface area contributed by atoms with E-state index in [4.69, 9.17) is 5.11 Å². The van der Waals surface area contributed by atoms with Gasteiger partial charge in [-0.15, -0.1) is 0 Å². The van der Waals surface area contributed by atoms with Crippen LogP contribution in [0.15, 0.2) is 17.0 Å². The quantitative estimate of drug-likeness (QED) is 0.753. The summed E-state index contributed by atoms with van der Waals surface area (Å²) >= 11 is 0. The highest BCUT2D eigenvalue weighted by molar-refractivity contribution is 7.89. The number of ether oxygens (including phenoxy) is 1. The van der Waals surface area contributed by atoms with Crippen molar-refractivity contribution in [2.75, 3.05) is 13.7 Å². The minimum atomic E-state index is -3.89. The number of carbonyl (C=O) groups is 2.